The van der Waals surface area contributed by atoms with Crippen molar-refractivity contribution in [3.05, 3.63) is 5.82 Å². The number of hydrogen-bond donors (Lipinski definition) is 6. The summed E-state index contributed by atoms with van der Waals surface area (Å²) in [5, 5.41) is 89.2. The number of azo groups is 5. The summed E-state index contributed by atoms with van der Waals surface area (Å²) in [5.74, 6) is 1.15. The van der Waals surface area contributed by atoms with Crippen molar-refractivity contribution in [1.82, 2.24) is 85.3 Å². The van der Waals surface area contributed by atoms with Gasteiger partial charge in [-0.05, 0) is 19.8 Å². The smallest absolute Gasteiger partial charge is 0.292 e. The molecule has 1 aliphatic rings. The fourth-order valence-corrected chi connectivity index (χ4v) is 4.01. The van der Waals surface area contributed by atoms with Crippen LogP contribution in [0.5, 0.6) is 0 Å². The van der Waals surface area contributed by atoms with Crippen molar-refractivity contribution in [2.75, 3.05) is 49.3 Å². The number of anilines is 4. The molecule has 55 heavy (non-hydrogen) atoms. The van der Waals surface area contributed by atoms with Crippen LogP contribution < -0.4 is 22.1 Å². The van der Waals surface area contributed by atoms with Crippen molar-refractivity contribution in [2.45, 2.75) is 52.0 Å². The standard InChI is InChI=1S/C23H34N32/c1-6-23(3,7-2)52-44-19-32-13(25)55(50-19)22-48-45-20(53(5)51-22)34-15-33-17(43-41-15)37-28-8-9-29-38-18-31-12(24)54(49-18)21-46-39-14(40-47-21)27-10-11-30-16(36-26-4)42-35-11/h20H,6-10H2,1-5H3,(H2,24,31,49)(H2,25,32,50)(H,27,39,40)(H,30,35,42)(H2,33,34,41,43)/b36-26+,37-28+,38-29+,52-44?. The second-order valence-electron chi connectivity index (χ2n) is 11.1. The van der Waals surface area contributed by atoms with E-state index in [0.717, 1.165) is 17.5 Å². The van der Waals surface area contributed by atoms with Gasteiger partial charge in [0.2, 0.25) is 24.1 Å². The Labute approximate surface area is 308 Å². The van der Waals surface area contributed by atoms with E-state index in [1.165, 1.54) is 16.7 Å². The molecule has 0 aromatic carbocycles. The Balaban J connectivity index is 0.945. The van der Waals surface area contributed by atoms with E-state index in [1.54, 1.807) is 7.05 Å². The molecule has 32 nitrogen and oxygen atoms in total. The number of aromatic nitrogens is 16. The molecule has 5 aromatic heterocycles. The number of aromatic amines is 2. The summed E-state index contributed by atoms with van der Waals surface area (Å²) in [6, 6.07) is 0. The Morgan fingerprint density at radius 3 is 2.16 bits per heavy atom. The van der Waals surface area contributed by atoms with Crippen LogP contribution in [-0.4, -0.2) is 130 Å². The maximum atomic E-state index is 6.02. The summed E-state index contributed by atoms with van der Waals surface area (Å²) in [4.78, 5) is 16.5. The molecule has 0 radical (unpaired) electrons. The van der Waals surface area contributed by atoms with Crippen LogP contribution in [0.3, 0.4) is 0 Å². The average molecular weight is 759 g/mol. The van der Waals surface area contributed by atoms with Gasteiger partial charge in [-0.2, -0.15) is 49.8 Å². The third-order valence-electron chi connectivity index (χ3n) is 7.33. The van der Waals surface area contributed by atoms with Gasteiger partial charge in [-0.1, -0.05) is 13.8 Å². The molecule has 1 aliphatic heterocycles. The van der Waals surface area contributed by atoms with Crippen LogP contribution in [0.25, 0.3) is 5.95 Å². The lowest BCUT2D eigenvalue weighted by Crippen LogP contribution is -2.37. The van der Waals surface area contributed by atoms with Gasteiger partial charge in [0, 0.05) is 14.1 Å². The van der Waals surface area contributed by atoms with E-state index in [9.17, 15) is 0 Å². The number of hydrazone groups is 1. The van der Waals surface area contributed by atoms with Gasteiger partial charge < -0.3 is 22.1 Å². The molecular formula is C23H34N32. The third-order valence-corrected chi connectivity index (χ3v) is 7.33. The summed E-state index contributed by atoms with van der Waals surface area (Å²) in [6.45, 7) is 6.58. The summed E-state index contributed by atoms with van der Waals surface area (Å²) in [6.07, 6.45) is 0.877. The molecule has 286 valence electrons. The maximum Gasteiger partial charge on any atom is 0.292 e. The van der Waals surface area contributed by atoms with E-state index in [2.05, 4.69) is 138 Å². The Morgan fingerprint density at radius 1 is 0.800 bits per heavy atom. The van der Waals surface area contributed by atoms with Gasteiger partial charge in [0.1, 0.15) is 5.82 Å². The van der Waals surface area contributed by atoms with Gasteiger partial charge in [0.15, 0.2) is 0 Å². The second-order valence-corrected chi connectivity index (χ2v) is 11.1. The number of rotatable bonds is 16. The van der Waals surface area contributed by atoms with E-state index < -0.39 is 6.29 Å². The predicted octanol–water partition coefficient (Wildman–Crippen LogP) is 1.61. The van der Waals surface area contributed by atoms with Crippen molar-refractivity contribution in [1.29, 1.82) is 0 Å². The fraction of sp³-hybridized carbons (Fsp3) is 0.522. The Kier molecular flexibility index (Phi) is 11.2. The second kappa shape index (κ2) is 16.7. The monoisotopic (exact) mass is 758 g/mol. The number of nitrogens with zero attached hydrogens (tertiary/aromatic N) is 26. The molecule has 6 rings (SSSR count). The minimum Gasteiger partial charge on any atom is -0.368 e. The molecule has 8 N–H and O–H groups in total. The molecule has 0 saturated carbocycles. The Hall–Kier alpha value is -7.83. The van der Waals surface area contributed by atoms with Crippen molar-refractivity contribution in [3.63, 3.8) is 0 Å². The molecule has 0 bridgehead atoms. The first-order chi connectivity index (χ1) is 26.6. The van der Waals surface area contributed by atoms with Crippen molar-refractivity contribution in [2.24, 2.45) is 56.2 Å². The van der Waals surface area contributed by atoms with Crippen LogP contribution in [0.2, 0.25) is 0 Å². The molecule has 0 spiro atoms. The molecule has 0 saturated heterocycles. The molecule has 6 heterocycles. The molecule has 5 aromatic rings. The molecule has 0 aliphatic carbocycles. The first-order valence-electron chi connectivity index (χ1n) is 16.2. The van der Waals surface area contributed by atoms with Crippen LogP contribution in [0.4, 0.5) is 47.6 Å². The van der Waals surface area contributed by atoms with Crippen LogP contribution in [0.1, 0.15) is 39.4 Å². The lowest BCUT2D eigenvalue weighted by molar-refractivity contribution is 0.265. The quantitative estimate of drug-likeness (QED) is 0.0614. The zero-order valence-electron chi connectivity index (χ0n) is 29.9. The molecule has 0 fully saturated rings. The van der Waals surface area contributed by atoms with Crippen LogP contribution in [0, 0.1) is 0 Å². The van der Waals surface area contributed by atoms with Crippen LogP contribution in [0.15, 0.2) is 56.2 Å². The zero-order chi connectivity index (χ0) is 38.8. The molecule has 1 atom stereocenters. The van der Waals surface area contributed by atoms with Gasteiger partial charge in [0.25, 0.3) is 41.6 Å². The summed E-state index contributed by atoms with van der Waals surface area (Å²) in [5.41, 5.74) is 11.6. The highest BCUT2D eigenvalue weighted by Crippen LogP contribution is 2.23. The van der Waals surface area contributed by atoms with Crippen LogP contribution in [-0.2, 0) is 6.54 Å². The number of nitrogen functional groups attached to an aromatic ring is 2. The minimum absolute atomic E-state index is 0.0272. The molecule has 0 amide bonds. The number of hydrogen-bond acceptors (Lipinski definition) is 28. The predicted molar refractivity (Wildman–Crippen MR) is 187 cm³/mol. The van der Waals surface area contributed by atoms with Crippen LogP contribution >= 0.6 is 0 Å². The highest BCUT2D eigenvalue weighted by molar-refractivity contribution is 5.84. The van der Waals surface area contributed by atoms with Gasteiger partial charge in [-0.3, -0.25) is 10.1 Å². The van der Waals surface area contributed by atoms with E-state index in [1.807, 2.05) is 20.8 Å². The normalized spacial score (nSPS) is 15.0. The highest BCUT2D eigenvalue weighted by Gasteiger charge is 2.24. The Bertz CT molecular complexity index is 2210. The van der Waals surface area contributed by atoms with E-state index >= 15 is 0 Å². The van der Waals surface area contributed by atoms with Gasteiger partial charge in [0.05, 0.1) is 25.2 Å². The topological polar surface area (TPSA) is 411 Å². The minimum atomic E-state index is -0.744. The molecule has 32 heteroatoms. The van der Waals surface area contributed by atoms with Gasteiger partial charge >= 0.3 is 0 Å². The summed E-state index contributed by atoms with van der Waals surface area (Å²) < 4.78 is 2.32. The van der Waals surface area contributed by atoms with E-state index in [-0.39, 0.29) is 84.7 Å². The molecule has 1 unspecified atom stereocenters. The average Bonchev–Trinajstić information content (AvgIpc) is 4.00. The number of H-pyrrole nitrogens is 2. The fourth-order valence-electron chi connectivity index (χ4n) is 4.01. The zero-order valence-corrected chi connectivity index (χ0v) is 29.9. The largest absolute Gasteiger partial charge is 0.368 e. The third kappa shape index (κ3) is 9.35. The first-order valence-corrected chi connectivity index (χ1v) is 16.2. The number of nitrogens with one attached hydrogen (secondary N) is 4. The first kappa shape index (κ1) is 36.9. The summed E-state index contributed by atoms with van der Waals surface area (Å²) >= 11 is 0. The number of nitrogens with two attached hydrogens (primary N) is 2. The summed E-state index contributed by atoms with van der Waals surface area (Å²) in [7, 11) is 3.18. The highest BCUT2D eigenvalue weighted by atomic mass is 15.7. The van der Waals surface area contributed by atoms with Crippen molar-refractivity contribution >= 4 is 53.5 Å². The Morgan fingerprint density at radius 2 is 1.45 bits per heavy atom. The van der Waals surface area contributed by atoms with Crippen molar-refractivity contribution in [3.8, 4) is 5.95 Å². The lowest BCUT2D eigenvalue weighted by Gasteiger charge is -2.24. The van der Waals surface area contributed by atoms with E-state index in [0.29, 0.717) is 5.82 Å². The molecular weight excluding hydrogens is 724 g/mol. The van der Waals surface area contributed by atoms with Crippen molar-refractivity contribution < 1.29 is 0 Å². The van der Waals surface area contributed by atoms with E-state index in [4.69, 9.17) is 11.5 Å². The SMILES string of the molecule is CCC(C)(CC)N=Nc1nc(N)n(C2=NN(C)C(Nc3nc(/N=N/CC/N=N/c4nc(N)n(-c5nnc(NCc6nc(/N=N/C)n[nH]6)nn5)n4)n[nH]3)N=N2)n1. The van der Waals surface area contributed by atoms with Gasteiger partial charge in [-0.25, -0.2) is 5.10 Å². The lowest BCUT2D eigenvalue weighted by atomic mass is 9.97. The maximum absolute atomic E-state index is 6.02. The van der Waals surface area contributed by atoms with Gasteiger partial charge in [-0.15, -0.1) is 76.6 Å².